The monoisotopic (exact) mass is 233 g/mol. The van der Waals surface area contributed by atoms with Crippen LogP contribution in [0.1, 0.15) is 46.0 Å². The van der Waals surface area contributed by atoms with Crippen molar-refractivity contribution in [1.29, 1.82) is 0 Å². The lowest BCUT2D eigenvalue weighted by atomic mass is 9.99. The van der Waals surface area contributed by atoms with Crippen LogP contribution in [0.15, 0.2) is 37.1 Å². The minimum Gasteiger partial charge on any atom is -0.388 e. The van der Waals surface area contributed by atoms with Crippen LogP contribution in [-0.2, 0) is 0 Å². The van der Waals surface area contributed by atoms with Gasteiger partial charge in [0, 0.05) is 6.04 Å². The minimum atomic E-state index is 0.638. The van der Waals surface area contributed by atoms with Gasteiger partial charge in [0.15, 0.2) is 0 Å². The highest BCUT2D eigenvalue weighted by atomic mass is 14.9. The molecule has 0 saturated heterocycles. The smallest absolute Gasteiger partial charge is 0.0264 e. The van der Waals surface area contributed by atoms with Gasteiger partial charge in [-0.05, 0) is 50.1 Å². The topological polar surface area (TPSA) is 12.0 Å². The van der Waals surface area contributed by atoms with Crippen molar-refractivity contribution in [3.63, 3.8) is 0 Å². The second-order valence-corrected chi connectivity index (χ2v) is 5.26. The molecular formula is C16H27N. The second-order valence-electron chi connectivity index (χ2n) is 5.26. The molecule has 1 aliphatic rings. The van der Waals surface area contributed by atoms with E-state index in [9.17, 15) is 0 Å². The van der Waals surface area contributed by atoms with E-state index in [4.69, 9.17) is 0 Å². The van der Waals surface area contributed by atoms with Gasteiger partial charge in [0.2, 0.25) is 0 Å². The Labute approximate surface area is 107 Å². The largest absolute Gasteiger partial charge is 0.388 e. The molecule has 17 heavy (non-hydrogen) atoms. The summed E-state index contributed by atoms with van der Waals surface area (Å²) in [6.45, 7) is 12.4. The van der Waals surface area contributed by atoms with Crippen LogP contribution in [0.3, 0.4) is 0 Å². The van der Waals surface area contributed by atoms with Crippen LogP contribution < -0.4 is 5.32 Å². The zero-order valence-corrected chi connectivity index (χ0v) is 11.4. The number of rotatable bonds is 7. The fourth-order valence-corrected chi connectivity index (χ4v) is 2.50. The molecule has 1 nitrogen and oxygen atoms in total. The van der Waals surface area contributed by atoms with Crippen molar-refractivity contribution in [2.24, 2.45) is 11.8 Å². The van der Waals surface area contributed by atoms with E-state index in [1.165, 1.54) is 18.4 Å². The Morgan fingerprint density at radius 3 is 2.76 bits per heavy atom. The van der Waals surface area contributed by atoms with Crippen molar-refractivity contribution < 1.29 is 0 Å². The highest BCUT2D eigenvalue weighted by Gasteiger charge is 2.28. The Bertz CT molecular complexity index is 277. The van der Waals surface area contributed by atoms with Crippen molar-refractivity contribution in [3.8, 4) is 0 Å². The maximum absolute atomic E-state index is 4.01. The quantitative estimate of drug-likeness (QED) is 0.641. The average molecular weight is 233 g/mol. The van der Waals surface area contributed by atoms with Crippen LogP contribution in [0.4, 0.5) is 0 Å². The minimum absolute atomic E-state index is 0.638. The predicted octanol–water partition coefficient (Wildman–Crippen LogP) is 4.44. The van der Waals surface area contributed by atoms with Crippen LogP contribution >= 0.6 is 0 Å². The van der Waals surface area contributed by atoms with Gasteiger partial charge in [0.05, 0.1) is 0 Å². The van der Waals surface area contributed by atoms with Crippen LogP contribution in [0, 0.1) is 11.8 Å². The molecule has 96 valence electrons. The third-order valence-corrected chi connectivity index (χ3v) is 3.86. The normalized spacial score (nSPS) is 28.5. The van der Waals surface area contributed by atoms with E-state index in [-0.39, 0.29) is 0 Å². The standard InChI is InChI=1S/C16H27N/c1-5-13(3)9-7-8-10-17-16-11-14(4)15(6-2)12-16/h6,8,10,14-17H,2-3,5,7,9,11-12H2,1,4H3/b10-8-. The summed E-state index contributed by atoms with van der Waals surface area (Å²) in [6, 6.07) is 0.638. The van der Waals surface area contributed by atoms with Gasteiger partial charge in [0.1, 0.15) is 0 Å². The summed E-state index contributed by atoms with van der Waals surface area (Å²) >= 11 is 0. The molecule has 1 fully saturated rings. The van der Waals surface area contributed by atoms with Gasteiger partial charge in [-0.1, -0.05) is 38.2 Å². The zero-order valence-electron chi connectivity index (χ0n) is 11.4. The predicted molar refractivity (Wildman–Crippen MR) is 76.8 cm³/mol. The first-order valence-electron chi connectivity index (χ1n) is 6.87. The fraction of sp³-hybridized carbons (Fsp3) is 0.625. The van der Waals surface area contributed by atoms with Crippen molar-refractivity contribution in [3.05, 3.63) is 37.1 Å². The van der Waals surface area contributed by atoms with Gasteiger partial charge in [-0.15, -0.1) is 6.58 Å². The van der Waals surface area contributed by atoms with Gasteiger partial charge in [0.25, 0.3) is 0 Å². The lowest BCUT2D eigenvalue weighted by Crippen LogP contribution is -2.20. The summed E-state index contributed by atoms with van der Waals surface area (Å²) in [5.74, 6) is 1.47. The molecule has 0 aromatic carbocycles. The first-order chi connectivity index (χ1) is 8.17. The van der Waals surface area contributed by atoms with Gasteiger partial charge < -0.3 is 5.32 Å². The summed E-state index contributed by atoms with van der Waals surface area (Å²) in [7, 11) is 0. The van der Waals surface area contributed by atoms with Crippen molar-refractivity contribution in [2.45, 2.75) is 52.0 Å². The molecule has 0 amide bonds. The van der Waals surface area contributed by atoms with Crippen LogP contribution in [0.2, 0.25) is 0 Å². The molecule has 1 heteroatoms. The third kappa shape index (κ3) is 4.80. The van der Waals surface area contributed by atoms with E-state index >= 15 is 0 Å². The number of nitrogens with one attached hydrogen (secondary N) is 1. The first-order valence-corrected chi connectivity index (χ1v) is 6.87. The molecule has 0 spiro atoms. The van der Waals surface area contributed by atoms with Crippen molar-refractivity contribution >= 4 is 0 Å². The van der Waals surface area contributed by atoms with E-state index in [0.29, 0.717) is 12.0 Å². The SMILES string of the molecule is C=CC1CC(N/C=C\CCC(=C)CC)CC1C. The maximum Gasteiger partial charge on any atom is 0.0264 e. The van der Waals surface area contributed by atoms with Crippen LogP contribution in [0.25, 0.3) is 0 Å². The van der Waals surface area contributed by atoms with E-state index in [2.05, 4.69) is 50.7 Å². The summed E-state index contributed by atoms with van der Waals surface area (Å²) in [5.41, 5.74) is 1.34. The van der Waals surface area contributed by atoms with Crippen LogP contribution in [0.5, 0.6) is 0 Å². The second kappa shape index (κ2) is 7.37. The molecule has 0 radical (unpaired) electrons. The number of hydrogen-bond acceptors (Lipinski definition) is 1. The van der Waals surface area contributed by atoms with Gasteiger partial charge in [-0.2, -0.15) is 0 Å². The average Bonchev–Trinajstić information content (AvgIpc) is 2.69. The van der Waals surface area contributed by atoms with Gasteiger partial charge in [-0.3, -0.25) is 0 Å². The molecule has 1 saturated carbocycles. The lowest BCUT2D eigenvalue weighted by molar-refractivity contribution is 0.503. The fourth-order valence-electron chi connectivity index (χ4n) is 2.50. The molecule has 3 atom stereocenters. The highest BCUT2D eigenvalue weighted by Crippen LogP contribution is 2.32. The molecule has 1 aliphatic carbocycles. The molecule has 0 heterocycles. The van der Waals surface area contributed by atoms with Crippen molar-refractivity contribution in [2.75, 3.05) is 0 Å². The van der Waals surface area contributed by atoms with Crippen molar-refractivity contribution in [1.82, 2.24) is 5.32 Å². The maximum atomic E-state index is 4.01. The Morgan fingerprint density at radius 2 is 2.18 bits per heavy atom. The van der Waals surface area contributed by atoms with Gasteiger partial charge in [-0.25, -0.2) is 0 Å². The summed E-state index contributed by atoms with van der Waals surface area (Å²) in [6.07, 6.45) is 12.3. The first kappa shape index (κ1) is 14.1. The number of allylic oxidation sites excluding steroid dienone is 3. The van der Waals surface area contributed by atoms with E-state index in [1.807, 2.05) is 0 Å². The van der Waals surface area contributed by atoms with Crippen LogP contribution in [-0.4, -0.2) is 6.04 Å². The molecule has 0 aromatic rings. The Hall–Kier alpha value is -0.980. The molecule has 1 rings (SSSR count). The summed E-state index contributed by atoms with van der Waals surface area (Å²) in [4.78, 5) is 0. The Balaban J connectivity index is 2.17. The molecule has 0 aliphatic heterocycles. The highest BCUT2D eigenvalue weighted by molar-refractivity contribution is 4.98. The molecule has 1 N–H and O–H groups in total. The Kier molecular flexibility index (Phi) is 6.10. The molecule has 3 unspecified atom stereocenters. The Morgan fingerprint density at radius 1 is 1.41 bits per heavy atom. The molecule has 0 aromatic heterocycles. The van der Waals surface area contributed by atoms with E-state index in [0.717, 1.165) is 25.2 Å². The van der Waals surface area contributed by atoms with E-state index in [1.54, 1.807) is 0 Å². The van der Waals surface area contributed by atoms with Gasteiger partial charge >= 0.3 is 0 Å². The summed E-state index contributed by atoms with van der Waals surface area (Å²) in [5, 5.41) is 3.51. The lowest BCUT2D eigenvalue weighted by Gasteiger charge is -2.09. The zero-order chi connectivity index (χ0) is 12.7. The molecule has 0 bridgehead atoms. The third-order valence-electron chi connectivity index (χ3n) is 3.86. The summed E-state index contributed by atoms with van der Waals surface area (Å²) < 4.78 is 0. The molecular weight excluding hydrogens is 206 g/mol. The van der Waals surface area contributed by atoms with E-state index < -0.39 is 0 Å². The number of hydrogen-bond donors (Lipinski definition) is 1.